The van der Waals surface area contributed by atoms with Gasteiger partial charge in [-0.3, -0.25) is 0 Å². The Morgan fingerprint density at radius 3 is 2.69 bits per heavy atom. The van der Waals surface area contributed by atoms with Crippen LogP contribution in [0.5, 0.6) is 0 Å². The molecule has 2 nitrogen and oxygen atoms in total. The first-order valence-corrected chi connectivity index (χ1v) is 5.82. The van der Waals surface area contributed by atoms with E-state index in [0.29, 0.717) is 24.2 Å². The molecule has 5 unspecified atom stereocenters. The lowest BCUT2D eigenvalue weighted by atomic mass is 9.84. The molecule has 0 saturated heterocycles. The van der Waals surface area contributed by atoms with Crippen LogP contribution in [0.3, 0.4) is 0 Å². The predicted molar refractivity (Wildman–Crippen MR) is 53.7 cm³/mol. The maximum atomic E-state index is 11.0. The van der Waals surface area contributed by atoms with E-state index in [4.69, 9.17) is 0 Å². The van der Waals surface area contributed by atoms with Crippen LogP contribution < -0.4 is 0 Å². The number of halogens is 1. The molecule has 2 bridgehead atoms. The second kappa shape index (κ2) is 3.35. The van der Waals surface area contributed by atoms with Crippen LogP contribution in [0.25, 0.3) is 0 Å². The molecule has 2 rings (SSSR count). The van der Waals surface area contributed by atoms with Crippen LogP contribution in [-0.2, 0) is 4.79 Å². The second-order valence-corrected chi connectivity index (χ2v) is 5.55. The van der Waals surface area contributed by atoms with Crippen LogP contribution in [0.2, 0.25) is 0 Å². The van der Waals surface area contributed by atoms with Gasteiger partial charge in [-0.05, 0) is 37.5 Å². The Morgan fingerprint density at radius 1 is 1.54 bits per heavy atom. The van der Waals surface area contributed by atoms with E-state index in [-0.39, 0.29) is 16.7 Å². The van der Waals surface area contributed by atoms with E-state index in [2.05, 4.69) is 15.9 Å². The van der Waals surface area contributed by atoms with Gasteiger partial charge in [0.05, 0.1) is 6.10 Å². The van der Waals surface area contributed by atoms with Crippen molar-refractivity contribution in [2.24, 2.45) is 17.8 Å². The number of Topliss-reactive ketones (excluding diaryl/α,β-unsaturated/α-hetero) is 1. The SMILES string of the molecule is CC(=O)CC1CC2CC1C(Br)C2O. The minimum Gasteiger partial charge on any atom is -0.392 e. The molecule has 5 atom stereocenters. The van der Waals surface area contributed by atoms with Gasteiger partial charge in [0.2, 0.25) is 0 Å². The van der Waals surface area contributed by atoms with Gasteiger partial charge in [0.25, 0.3) is 0 Å². The van der Waals surface area contributed by atoms with E-state index in [1.54, 1.807) is 6.92 Å². The molecule has 13 heavy (non-hydrogen) atoms. The molecule has 3 heteroatoms. The fourth-order valence-electron chi connectivity index (χ4n) is 2.99. The number of carbonyl (C=O) groups is 1. The lowest BCUT2D eigenvalue weighted by Crippen LogP contribution is -2.33. The number of fused-ring (bicyclic) bond motifs is 2. The van der Waals surface area contributed by atoms with Crippen molar-refractivity contribution in [1.29, 1.82) is 0 Å². The highest BCUT2D eigenvalue weighted by atomic mass is 79.9. The highest BCUT2D eigenvalue weighted by molar-refractivity contribution is 9.09. The molecule has 2 aliphatic carbocycles. The largest absolute Gasteiger partial charge is 0.392 e. The van der Waals surface area contributed by atoms with Gasteiger partial charge < -0.3 is 9.90 Å². The van der Waals surface area contributed by atoms with Crippen molar-refractivity contribution in [3.05, 3.63) is 0 Å². The van der Waals surface area contributed by atoms with Gasteiger partial charge in [-0.2, -0.15) is 0 Å². The molecule has 0 aliphatic heterocycles. The summed E-state index contributed by atoms with van der Waals surface area (Å²) in [7, 11) is 0. The Balaban J connectivity index is 2.02. The number of carbonyl (C=O) groups excluding carboxylic acids is 1. The van der Waals surface area contributed by atoms with Crippen molar-refractivity contribution >= 4 is 21.7 Å². The Hall–Kier alpha value is 0.110. The molecular weight excluding hydrogens is 232 g/mol. The maximum Gasteiger partial charge on any atom is 0.130 e. The Bertz CT molecular complexity index is 227. The maximum absolute atomic E-state index is 11.0. The number of ketones is 1. The normalized spacial score (nSPS) is 48.4. The smallest absolute Gasteiger partial charge is 0.130 e. The van der Waals surface area contributed by atoms with Crippen LogP contribution >= 0.6 is 15.9 Å². The summed E-state index contributed by atoms with van der Waals surface area (Å²) < 4.78 is 0. The van der Waals surface area contributed by atoms with Crippen LogP contribution in [-0.4, -0.2) is 21.8 Å². The van der Waals surface area contributed by atoms with Crippen molar-refractivity contribution in [2.45, 2.75) is 37.1 Å². The molecule has 0 radical (unpaired) electrons. The Morgan fingerprint density at radius 2 is 2.23 bits per heavy atom. The van der Waals surface area contributed by atoms with E-state index >= 15 is 0 Å². The number of hydrogen-bond acceptors (Lipinski definition) is 2. The highest BCUT2D eigenvalue weighted by Crippen LogP contribution is 2.52. The van der Waals surface area contributed by atoms with Crippen molar-refractivity contribution in [3.63, 3.8) is 0 Å². The monoisotopic (exact) mass is 246 g/mol. The lowest BCUT2D eigenvalue weighted by molar-refractivity contribution is -0.118. The fourth-order valence-corrected chi connectivity index (χ4v) is 4.07. The molecule has 2 saturated carbocycles. The summed E-state index contributed by atoms with van der Waals surface area (Å²) in [5.74, 6) is 1.78. The van der Waals surface area contributed by atoms with Gasteiger partial charge in [0.15, 0.2) is 0 Å². The molecule has 1 N–H and O–H groups in total. The van der Waals surface area contributed by atoms with Crippen molar-refractivity contribution in [1.82, 2.24) is 0 Å². The van der Waals surface area contributed by atoms with Crippen LogP contribution in [0.15, 0.2) is 0 Å². The highest BCUT2D eigenvalue weighted by Gasteiger charge is 2.50. The number of aliphatic hydroxyl groups is 1. The summed E-state index contributed by atoms with van der Waals surface area (Å²) in [5, 5.41) is 9.71. The first-order valence-electron chi connectivity index (χ1n) is 4.91. The lowest BCUT2D eigenvalue weighted by Gasteiger charge is -2.28. The molecule has 0 spiro atoms. The summed E-state index contributed by atoms with van der Waals surface area (Å²) >= 11 is 3.53. The zero-order valence-electron chi connectivity index (χ0n) is 7.74. The molecule has 0 aromatic rings. The summed E-state index contributed by atoms with van der Waals surface area (Å²) in [6, 6.07) is 0. The second-order valence-electron chi connectivity index (χ2n) is 4.50. The summed E-state index contributed by atoms with van der Waals surface area (Å²) in [6.45, 7) is 1.66. The van der Waals surface area contributed by atoms with Gasteiger partial charge in [-0.15, -0.1) is 0 Å². The van der Waals surface area contributed by atoms with Crippen molar-refractivity contribution < 1.29 is 9.90 Å². The molecule has 0 aromatic heterocycles. The molecule has 0 amide bonds. The Labute approximate surface area is 86.8 Å². The average Bonchev–Trinajstić information content (AvgIpc) is 2.53. The van der Waals surface area contributed by atoms with E-state index < -0.39 is 0 Å². The first-order chi connectivity index (χ1) is 6.09. The Kier molecular flexibility index (Phi) is 2.49. The van der Waals surface area contributed by atoms with E-state index in [1.807, 2.05) is 0 Å². The van der Waals surface area contributed by atoms with Gasteiger partial charge in [0, 0.05) is 11.2 Å². The number of alkyl halides is 1. The molecule has 0 heterocycles. The third-order valence-electron chi connectivity index (χ3n) is 3.55. The minimum absolute atomic E-state index is 0.173. The number of hydrogen-bond donors (Lipinski definition) is 1. The first kappa shape index (κ1) is 9.66. The third-order valence-corrected chi connectivity index (χ3v) is 4.77. The standard InChI is InChI=1S/C10H15BrO2/c1-5(12)2-6-3-7-4-8(6)9(11)10(7)13/h6-10,13H,2-4H2,1H3. The van der Waals surface area contributed by atoms with Crippen molar-refractivity contribution in [3.8, 4) is 0 Å². The van der Waals surface area contributed by atoms with Gasteiger partial charge in [-0.1, -0.05) is 15.9 Å². The minimum atomic E-state index is -0.173. The summed E-state index contributed by atoms with van der Waals surface area (Å²) in [5.41, 5.74) is 0. The van der Waals surface area contributed by atoms with E-state index in [0.717, 1.165) is 12.8 Å². The molecule has 2 aliphatic rings. The van der Waals surface area contributed by atoms with Crippen LogP contribution in [0.1, 0.15) is 26.2 Å². The van der Waals surface area contributed by atoms with E-state index in [1.165, 1.54) is 0 Å². The van der Waals surface area contributed by atoms with Gasteiger partial charge >= 0.3 is 0 Å². The summed E-state index contributed by atoms with van der Waals surface area (Å²) in [4.78, 5) is 11.2. The number of rotatable bonds is 2. The van der Waals surface area contributed by atoms with Crippen molar-refractivity contribution in [2.75, 3.05) is 0 Å². The molecule has 74 valence electrons. The van der Waals surface area contributed by atoms with Crippen LogP contribution in [0, 0.1) is 17.8 Å². The zero-order chi connectivity index (χ0) is 9.59. The fraction of sp³-hybridized carbons (Fsp3) is 0.900. The molecule has 0 aromatic carbocycles. The molecular formula is C10H15BrO2. The van der Waals surface area contributed by atoms with Crippen LogP contribution in [0.4, 0.5) is 0 Å². The molecule has 2 fully saturated rings. The topological polar surface area (TPSA) is 37.3 Å². The zero-order valence-corrected chi connectivity index (χ0v) is 9.33. The average molecular weight is 247 g/mol. The van der Waals surface area contributed by atoms with E-state index in [9.17, 15) is 9.90 Å². The van der Waals surface area contributed by atoms with Gasteiger partial charge in [0.1, 0.15) is 5.78 Å². The van der Waals surface area contributed by atoms with Gasteiger partial charge in [-0.25, -0.2) is 0 Å². The number of aliphatic hydroxyl groups excluding tert-OH is 1. The summed E-state index contributed by atoms with van der Waals surface area (Å²) in [6.07, 6.45) is 2.69. The third kappa shape index (κ3) is 1.57. The predicted octanol–water partition coefficient (Wildman–Crippen LogP) is 1.75. The quantitative estimate of drug-likeness (QED) is 0.755.